The van der Waals surface area contributed by atoms with Crippen LogP contribution in [0.4, 0.5) is 0 Å². The highest BCUT2D eigenvalue weighted by molar-refractivity contribution is 6.30. The summed E-state index contributed by atoms with van der Waals surface area (Å²) in [7, 11) is 0. The summed E-state index contributed by atoms with van der Waals surface area (Å²) in [5, 5.41) is 4.76. The SMILES string of the molecule is c1ccc(-c2nc3ccccc3nc2-n2c3cccc4c5ccccc5n5c(-c6ccccc6)nc6ccc2c(c43)c65)cc1. The summed E-state index contributed by atoms with van der Waals surface area (Å²) in [4.78, 5) is 15.8. The van der Waals surface area contributed by atoms with Crippen molar-refractivity contribution < 1.29 is 0 Å². The van der Waals surface area contributed by atoms with Crippen molar-refractivity contribution in [1.29, 1.82) is 0 Å². The van der Waals surface area contributed by atoms with Crippen molar-refractivity contribution in [2.75, 3.05) is 0 Å². The first-order valence-corrected chi connectivity index (χ1v) is 14.8. The van der Waals surface area contributed by atoms with Gasteiger partial charge in [-0.05, 0) is 41.8 Å². The summed E-state index contributed by atoms with van der Waals surface area (Å²) >= 11 is 0. The lowest BCUT2D eigenvalue weighted by Gasteiger charge is -2.14. The number of imidazole rings is 1. The molecule has 204 valence electrons. The van der Waals surface area contributed by atoms with Crippen LogP contribution in [0.15, 0.2) is 140 Å². The molecule has 4 aromatic heterocycles. The van der Waals surface area contributed by atoms with Gasteiger partial charge in [0.2, 0.25) is 0 Å². The van der Waals surface area contributed by atoms with Crippen molar-refractivity contribution in [3.05, 3.63) is 140 Å². The second-order valence-electron chi connectivity index (χ2n) is 11.3. The van der Waals surface area contributed by atoms with Gasteiger partial charge in [0, 0.05) is 27.3 Å². The third-order valence-electron chi connectivity index (χ3n) is 8.85. The van der Waals surface area contributed by atoms with E-state index in [4.69, 9.17) is 15.0 Å². The van der Waals surface area contributed by atoms with Gasteiger partial charge in [0.15, 0.2) is 5.82 Å². The molecule has 0 atom stereocenters. The molecule has 0 aliphatic carbocycles. The molecule has 10 aromatic rings. The Morgan fingerprint density at radius 3 is 1.86 bits per heavy atom. The highest BCUT2D eigenvalue weighted by Gasteiger charge is 2.25. The summed E-state index contributed by atoms with van der Waals surface area (Å²) in [6.45, 7) is 0. The minimum atomic E-state index is 0.814. The molecule has 0 fully saturated rings. The minimum Gasteiger partial charge on any atom is -0.292 e. The molecule has 0 saturated heterocycles. The van der Waals surface area contributed by atoms with Gasteiger partial charge in [0.05, 0.1) is 38.6 Å². The molecule has 5 nitrogen and oxygen atoms in total. The predicted octanol–water partition coefficient (Wildman–Crippen LogP) is 9.45. The maximum atomic E-state index is 5.32. The first kappa shape index (κ1) is 23.5. The molecule has 44 heavy (non-hydrogen) atoms. The number of hydrogen-bond acceptors (Lipinski definition) is 3. The Morgan fingerprint density at radius 1 is 0.409 bits per heavy atom. The number of aromatic nitrogens is 5. The van der Waals surface area contributed by atoms with Gasteiger partial charge in [-0.2, -0.15) is 0 Å². The average Bonchev–Trinajstić information content (AvgIpc) is 3.60. The van der Waals surface area contributed by atoms with Crippen LogP contribution in [-0.4, -0.2) is 23.9 Å². The molecule has 0 N–H and O–H groups in total. The molecule has 0 unspecified atom stereocenters. The van der Waals surface area contributed by atoms with E-state index in [0.29, 0.717) is 0 Å². The molecule has 5 heteroatoms. The lowest BCUT2D eigenvalue weighted by Crippen LogP contribution is -2.03. The van der Waals surface area contributed by atoms with Crippen molar-refractivity contribution in [3.63, 3.8) is 0 Å². The second-order valence-corrected chi connectivity index (χ2v) is 11.3. The fourth-order valence-corrected chi connectivity index (χ4v) is 7.01. The third kappa shape index (κ3) is 3.10. The van der Waals surface area contributed by atoms with Crippen molar-refractivity contribution in [3.8, 4) is 28.5 Å². The maximum Gasteiger partial charge on any atom is 0.165 e. The second kappa shape index (κ2) is 8.72. The van der Waals surface area contributed by atoms with Crippen molar-refractivity contribution >= 4 is 60.2 Å². The van der Waals surface area contributed by atoms with Gasteiger partial charge in [0.1, 0.15) is 11.5 Å². The predicted molar refractivity (Wildman–Crippen MR) is 180 cm³/mol. The Morgan fingerprint density at radius 2 is 1.05 bits per heavy atom. The van der Waals surface area contributed by atoms with E-state index >= 15 is 0 Å². The van der Waals surface area contributed by atoms with Crippen LogP contribution in [0.1, 0.15) is 0 Å². The van der Waals surface area contributed by atoms with E-state index in [-0.39, 0.29) is 0 Å². The van der Waals surface area contributed by atoms with Gasteiger partial charge in [-0.15, -0.1) is 0 Å². The van der Waals surface area contributed by atoms with Crippen LogP contribution in [0, 0.1) is 0 Å². The molecule has 0 saturated carbocycles. The zero-order valence-electron chi connectivity index (χ0n) is 23.5. The quantitative estimate of drug-likeness (QED) is 0.216. The Hall–Kier alpha value is -6.07. The van der Waals surface area contributed by atoms with Crippen molar-refractivity contribution in [2.24, 2.45) is 0 Å². The topological polar surface area (TPSA) is 48.0 Å². The number of hydrogen-bond donors (Lipinski definition) is 0. The standard InChI is InChI=1S/C39H23N5/c1-3-12-24(13-4-1)36-39(41-29-19-9-8-18-28(29)40-36)43-32-21-11-17-27-26-16-7-10-20-31(26)44-37-30(22-23-33(43)35(37)34(27)32)42-38(44)25-14-5-2-6-15-25/h1-23H. The lowest BCUT2D eigenvalue weighted by atomic mass is 10.1. The van der Waals surface area contributed by atoms with Crippen LogP contribution in [0.3, 0.4) is 0 Å². The molecular weight excluding hydrogens is 538 g/mol. The number of nitrogens with zero attached hydrogens (tertiary/aromatic N) is 5. The van der Waals surface area contributed by atoms with Crippen molar-refractivity contribution in [1.82, 2.24) is 23.9 Å². The summed E-state index contributed by atoms with van der Waals surface area (Å²) in [5.74, 6) is 1.75. The normalized spacial score (nSPS) is 12.1. The van der Waals surface area contributed by atoms with E-state index in [9.17, 15) is 0 Å². The number of benzene rings is 6. The molecule has 0 aliphatic rings. The van der Waals surface area contributed by atoms with E-state index in [0.717, 1.165) is 67.1 Å². The largest absolute Gasteiger partial charge is 0.292 e. The fraction of sp³-hybridized carbons (Fsp3) is 0. The Labute approximate surface area is 251 Å². The van der Waals surface area contributed by atoms with Crippen LogP contribution < -0.4 is 0 Å². The zero-order valence-corrected chi connectivity index (χ0v) is 23.5. The van der Waals surface area contributed by atoms with Crippen LogP contribution in [0.25, 0.3) is 88.6 Å². The highest BCUT2D eigenvalue weighted by atomic mass is 15.1. The van der Waals surface area contributed by atoms with Crippen LogP contribution in [0.2, 0.25) is 0 Å². The molecule has 0 spiro atoms. The van der Waals surface area contributed by atoms with Gasteiger partial charge in [0.25, 0.3) is 0 Å². The van der Waals surface area contributed by atoms with Gasteiger partial charge in [-0.25, -0.2) is 15.0 Å². The molecule has 4 heterocycles. The number of para-hydroxylation sites is 3. The smallest absolute Gasteiger partial charge is 0.165 e. The molecule has 0 bridgehead atoms. The van der Waals surface area contributed by atoms with E-state index in [1.165, 1.54) is 21.5 Å². The van der Waals surface area contributed by atoms with Crippen molar-refractivity contribution in [2.45, 2.75) is 0 Å². The summed E-state index contributed by atoms with van der Waals surface area (Å²) in [5.41, 5.74) is 10.1. The van der Waals surface area contributed by atoms with Crippen LogP contribution in [-0.2, 0) is 0 Å². The zero-order chi connectivity index (χ0) is 28.8. The molecule has 0 aliphatic heterocycles. The van der Waals surface area contributed by atoms with Crippen LogP contribution in [0.5, 0.6) is 0 Å². The average molecular weight is 562 g/mol. The molecule has 0 amide bonds. The Balaban J connectivity index is 1.46. The first-order chi connectivity index (χ1) is 21.8. The van der Waals surface area contributed by atoms with Gasteiger partial charge in [-0.1, -0.05) is 103 Å². The monoisotopic (exact) mass is 561 g/mol. The molecule has 6 aromatic carbocycles. The first-order valence-electron chi connectivity index (χ1n) is 14.8. The fourth-order valence-electron chi connectivity index (χ4n) is 7.01. The Bertz CT molecular complexity index is 2700. The molecule has 0 radical (unpaired) electrons. The molecule has 10 rings (SSSR count). The van der Waals surface area contributed by atoms with Crippen LogP contribution >= 0.6 is 0 Å². The summed E-state index contributed by atoms with van der Waals surface area (Å²) in [6.07, 6.45) is 0. The minimum absolute atomic E-state index is 0.814. The summed E-state index contributed by atoms with van der Waals surface area (Å²) in [6, 6.07) is 48.6. The van der Waals surface area contributed by atoms with Gasteiger partial charge in [-0.3, -0.25) is 8.97 Å². The van der Waals surface area contributed by atoms with E-state index < -0.39 is 0 Å². The van der Waals surface area contributed by atoms with Gasteiger partial charge < -0.3 is 0 Å². The number of rotatable bonds is 3. The Kier molecular flexibility index (Phi) is 4.66. The lowest BCUT2D eigenvalue weighted by molar-refractivity contribution is 1.08. The van der Waals surface area contributed by atoms with E-state index in [1.54, 1.807) is 0 Å². The summed E-state index contributed by atoms with van der Waals surface area (Å²) < 4.78 is 4.67. The van der Waals surface area contributed by atoms with E-state index in [1.807, 2.05) is 30.3 Å². The molecular formula is C39H23N5. The van der Waals surface area contributed by atoms with Gasteiger partial charge >= 0.3 is 0 Å². The highest BCUT2D eigenvalue weighted by Crippen LogP contribution is 2.44. The van der Waals surface area contributed by atoms with E-state index in [2.05, 4.69) is 118 Å². The number of fused-ring (bicyclic) bond motifs is 4. The third-order valence-corrected chi connectivity index (χ3v) is 8.85. The maximum absolute atomic E-state index is 5.32.